The van der Waals surface area contributed by atoms with Crippen molar-refractivity contribution in [3.63, 3.8) is 0 Å². The molecule has 1 unspecified atom stereocenters. The van der Waals surface area contributed by atoms with Gasteiger partial charge in [-0.25, -0.2) is 9.46 Å². The monoisotopic (exact) mass is 1190 g/mol. The van der Waals surface area contributed by atoms with Crippen LogP contribution in [0.5, 0.6) is 11.5 Å². The smallest absolute Gasteiger partial charge is 0.351 e. The normalized spacial score (nSPS) is 15.5. The van der Waals surface area contributed by atoms with Crippen molar-refractivity contribution in [1.82, 2.24) is 29.3 Å². The molecule has 5 rings (SSSR count). The maximum absolute atomic E-state index is 14.0. The van der Waals surface area contributed by atoms with Crippen molar-refractivity contribution in [3.8, 4) is 17.6 Å². The Morgan fingerprint density at radius 3 is 1.76 bits per heavy atom. The molecule has 1 saturated heterocycles. The van der Waals surface area contributed by atoms with Crippen LogP contribution in [0.25, 0.3) is 0 Å². The third-order valence-electron chi connectivity index (χ3n) is 13.7. The first-order chi connectivity index (χ1) is 40.6. The number of nitrogens with one attached hydrogen (secondary N) is 2. The van der Waals surface area contributed by atoms with Gasteiger partial charge in [0, 0.05) is 50.9 Å². The van der Waals surface area contributed by atoms with Crippen LogP contribution in [0.2, 0.25) is 0 Å². The predicted octanol–water partition coefficient (Wildman–Crippen LogP) is 7.60. The van der Waals surface area contributed by atoms with Gasteiger partial charge in [-0.15, -0.1) is 0 Å². The molecule has 4 aromatic rings. The zero-order valence-corrected chi connectivity index (χ0v) is 51.2. The summed E-state index contributed by atoms with van der Waals surface area (Å²) in [5.74, 6) is -0.0101. The molecule has 1 aliphatic rings. The van der Waals surface area contributed by atoms with Crippen LogP contribution in [0, 0.1) is 11.3 Å². The van der Waals surface area contributed by atoms with Crippen molar-refractivity contribution in [2.75, 3.05) is 105 Å². The Hall–Kier alpha value is -6.54. The largest absolute Gasteiger partial charge is 0.497 e. The number of hydrogen-bond acceptors (Lipinski definition) is 20. The molecule has 1 aromatic heterocycles. The molecule has 84 heavy (non-hydrogen) atoms. The van der Waals surface area contributed by atoms with Crippen molar-refractivity contribution in [1.29, 1.82) is 5.26 Å². The van der Waals surface area contributed by atoms with Gasteiger partial charge in [0.15, 0.2) is 0 Å². The van der Waals surface area contributed by atoms with E-state index in [0.29, 0.717) is 36.8 Å². The van der Waals surface area contributed by atoms with E-state index in [9.17, 15) is 29.2 Å². The summed E-state index contributed by atoms with van der Waals surface area (Å²) in [5.41, 5.74) is 0.849. The lowest BCUT2D eigenvalue weighted by Gasteiger charge is -2.39. The number of methoxy groups -OCH3 is 2. The van der Waals surface area contributed by atoms with Crippen LogP contribution in [0.15, 0.2) is 95.9 Å². The van der Waals surface area contributed by atoms with Crippen molar-refractivity contribution in [3.05, 3.63) is 118 Å². The van der Waals surface area contributed by atoms with Gasteiger partial charge >= 0.3 is 23.6 Å². The summed E-state index contributed by atoms with van der Waals surface area (Å²) in [6.07, 6.45) is 3.11. The van der Waals surface area contributed by atoms with E-state index in [2.05, 4.69) is 54.1 Å². The minimum Gasteiger partial charge on any atom is -0.497 e. The Bertz CT molecular complexity index is 2640. The number of anilines is 1. The van der Waals surface area contributed by atoms with Crippen LogP contribution in [0.4, 0.5) is 5.82 Å². The quantitative estimate of drug-likeness (QED) is 0.0144. The fourth-order valence-corrected chi connectivity index (χ4v) is 11.5. The van der Waals surface area contributed by atoms with Crippen molar-refractivity contribution < 1.29 is 61.4 Å². The molecule has 4 atom stereocenters. The van der Waals surface area contributed by atoms with Gasteiger partial charge in [0.05, 0.1) is 92.0 Å². The average molecular weight is 1190 g/mol. The average Bonchev–Trinajstić information content (AvgIpc) is 3.36. The number of carbonyl (C=O) groups is 4. The maximum atomic E-state index is 14.0. The van der Waals surface area contributed by atoms with Gasteiger partial charge in [0.2, 0.25) is 5.91 Å². The van der Waals surface area contributed by atoms with Crippen LogP contribution in [0.1, 0.15) is 110 Å². The molecular weight excluding hydrogens is 1100 g/mol. The Morgan fingerprint density at radius 1 is 0.738 bits per heavy atom. The lowest BCUT2D eigenvalue weighted by atomic mass is 9.80. The van der Waals surface area contributed by atoms with Crippen molar-refractivity contribution >= 4 is 38.2 Å². The molecule has 22 nitrogen and oxygen atoms in total. The Kier molecular flexibility index (Phi) is 29.5. The summed E-state index contributed by atoms with van der Waals surface area (Å²) in [6, 6.07) is 29.5. The zero-order chi connectivity index (χ0) is 60.9. The molecule has 1 aliphatic heterocycles. The van der Waals surface area contributed by atoms with Gasteiger partial charge in [-0.1, -0.05) is 67.4 Å². The summed E-state index contributed by atoms with van der Waals surface area (Å²) < 4.78 is 57.7. The van der Waals surface area contributed by atoms with Gasteiger partial charge in [-0.05, 0) is 108 Å². The number of rotatable bonds is 39. The fourth-order valence-electron chi connectivity index (χ4n) is 9.74. The zero-order valence-electron chi connectivity index (χ0n) is 50.3. The molecule has 0 spiro atoms. The highest BCUT2D eigenvalue weighted by atomic mass is 31.2. The summed E-state index contributed by atoms with van der Waals surface area (Å²) in [6.45, 7) is 14.9. The second kappa shape index (κ2) is 36.3. The van der Waals surface area contributed by atoms with Crippen LogP contribution >= 0.6 is 8.53 Å². The number of esters is 3. The summed E-state index contributed by atoms with van der Waals surface area (Å²) in [5, 5.41) is 15.7. The molecule has 1 amide bonds. The number of carbonyl (C=O) groups excluding carboxylic acids is 4. The summed E-state index contributed by atoms with van der Waals surface area (Å²) >= 11 is 0. The van der Waals surface area contributed by atoms with Crippen LogP contribution in [-0.2, 0) is 57.5 Å². The number of nitrogens with zero attached hydrogens (tertiary/aromatic N) is 6. The predicted molar refractivity (Wildman–Crippen MR) is 318 cm³/mol. The van der Waals surface area contributed by atoms with E-state index < -0.39 is 56.2 Å². The summed E-state index contributed by atoms with van der Waals surface area (Å²) in [7, 11) is 1.53. The van der Waals surface area contributed by atoms with E-state index in [1.54, 1.807) is 57.1 Å². The van der Waals surface area contributed by atoms with E-state index in [1.807, 2.05) is 78.9 Å². The maximum Gasteiger partial charge on any atom is 0.351 e. The first-order valence-electron chi connectivity index (χ1n) is 29.0. The minimum atomic E-state index is -1.72. The number of nitriles is 1. The van der Waals surface area contributed by atoms with Gasteiger partial charge in [0.1, 0.15) is 35.2 Å². The second-order valence-electron chi connectivity index (χ2n) is 20.4. The topological polar surface area (TPSA) is 244 Å². The molecule has 0 bridgehead atoms. The van der Waals surface area contributed by atoms with Gasteiger partial charge in [-0.2, -0.15) is 10.2 Å². The highest BCUT2D eigenvalue weighted by molar-refractivity contribution is 7.44. The van der Waals surface area contributed by atoms with Crippen LogP contribution < -0.4 is 25.8 Å². The van der Waals surface area contributed by atoms with Crippen LogP contribution in [-0.4, -0.2) is 172 Å². The Balaban J connectivity index is 1.25. The molecule has 0 saturated carbocycles. The lowest BCUT2D eigenvalue weighted by Crippen LogP contribution is -2.46. The molecule has 460 valence electrons. The lowest BCUT2D eigenvalue weighted by molar-refractivity contribution is -0.149. The molecule has 23 heteroatoms. The first kappa shape index (κ1) is 68.2. The van der Waals surface area contributed by atoms with E-state index in [1.165, 1.54) is 4.57 Å². The molecular formula is C61H87N8O14P. The third kappa shape index (κ3) is 21.2. The number of hydrogen-bond donors (Lipinski definition) is 2. The van der Waals surface area contributed by atoms with Gasteiger partial charge < -0.3 is 52.8 Å². The summed E-state index contributed by atoms with van der Waals surface area (Å²) in [4.78, 5) is 71.6. The third-order valence-corrected chi connectivity index (χ3v) is 15.8. The van der Waals surface area contributed by atoms with E-state index in [-0.39, 0.29) is 103 Å². The number of ether oxygens (including phenoxy) is 7. The molecule has 0 radical (unpaired) electrons. The van der Waals surface area contributed by atoms with Gasteiger partial charge in [-0.3, -0.25) is 33.5 Å². The Morgan fingerprint density at radius 2 is 1.26 bits per heavy atom. The van der Waals surface area contributed by atoms with Crippen molar-refractivity contribution in [2.24, 2.45) is 0 Å². The number of amides is 1. The second-order valence-corrected chi connectivity index (χ2v) is 21.8. The van der Waals surface area contributed by atoms with E-state index >= 15 is 0 Å². The molecule has 1 fully saturated rings. The van der Waals surface area contributed by atoms with Gasteiger partial charge in [0.25, 0.3) is 8.53 Å². The fraction of sp³-hybridized carbons (Fsp3) is 0.557. The Labute approximate surface area is 496 Å². The molecule has 2 N–H and O–H groups in total. The first-order valence-corrected chi connectivity index (χ1v) is 30.1. The molecule has 2 heterocycles. The number of aromatic nitrogens is 2. The highest BCUT2D eigenvalue weighted by Gasteiger charge is 2.45. The number of benzene rings is 3. The highest BCUT2D eigenvalue weighted by Crippen LogP contribution is 2.51. The minimum absolute atomic E-state index is 0.0174. The molecule has 0 aliphatic carbocycles. The van der Waals surface area contributed by atoms with E-state index in [4.69, 9.17) is 42.2 Å². The standard InChI is InChI=1S/C61H87N8O14P/c1-10-77-57(71)41-66(36-37-67(42-58(72)78-11-2)43-59(73)79-12-3)40-55(70)64-34-19-14-13-18-33-63-54-31-35-68(60(74)65-54)56-39-52(83-84(81-38-20-32-62)69(45(4)5)46(6)7)53(82-56)44-80-61(47-21-16-15-17-22-47,48-23-27-50(75-8)28-24-48)49-25-29-51(76-9)30-26-49/h15-17,21-31,35,45-46,52-53,56H,10-14,18-20,33-34,36-44H2,1-9H3,(H,64,70)(H,63,65,74)/t52-,53+,56+,84?/m0/s1. The van der Waals surface area contributed by atoms with E-state index in [0.717, 1.165) is 36.0 Å². The van der Waals surface area contributed by atoms with Crippen LogP contribution in [0.3, 0.4) is 0 Å². The number of unbranched alkanes of at least 4 members (excludes halogenated alkanes) is 3. The van der Waals surface area contributed by atoms with Crippen molar-refractivity contribution in [2.45, 2.75) is 123 Å². The SMILES string of the molecule is CCOC(=O)CN(CCN(CC(=O)OCC)CC(=O)OCC)CC(=O)NCCCCCCNc1ccn([C@H]2C[C@H](OP(OCCC#N)N(C(C)C)C(C)C)[C@@H](COC(c3ccccc3)(c3ccc(OC)cc3)c3ccc(OC)cc3)O2)c(=O)n1. The molecule has 3 aromatic carbocycles.